The minimum absolute atomic E-state index is 0.0336. The fourth-order valence-corrected chi connectivity index (χ4v) is 3.41. The van der Waals surface area contributed by atoms with Crippen molar-refractivity contribution in [2.24, 2.45) is 0 Å². The van der Waals surface area contributed by atoms with Crippen molar-refractivity contribution in [3.8, 4) is 17.4 Å². The molecule has 3 aromatic rings. The van der Waals surface area contributed by atoms with Gasteiger partial charge in [0.25, 0.3) is 5.91 Å². The van der Waals surface area contributed by atoms with E-state index in [1.807, 2.05) is 24.3 Å². The molecule has 0 N–H and O–H groups in total. The van der Waals surface area contributed by atoms with Crippen molar-refractivity contribution in [1.29, 1.82) is 0 Å². The van der Waals surface area contributed by atoms with Crippen LogP contribution in [0.1, 0.15) is 34.9 Å². The number of hydrogen-bond donors (Lipinski definition) is 0. The van der Waals surface area contributed by atoms with Crippen LogP contribution in [0.3, 0.4) is 0 Å². The van der Waals surface area contributed by atoms with Crippen molar-refractivity contribution >= 4 is 5.91 Å². The largest absolute Gasteiger partial charge is 0.497 e. The number of amides is 1. The molecule has 1 aliphatic rings. The number of hydrogen-bond acceptors (Lipinski definition) is 7. The van der Waals surface area contributed by atoms with Gasteiger partial charge in [0.2, 0.25) is 5.88 Å². The maximum atomic E-state index is 12.8. The minimum atomic E-state index is -0.121. The molecule has 1 atom stereocenters. The molecule has 0 radical (unpaired) electrons. The van der Waals surface area contributed by atoms with Gasteiger partial charge >= 0.3 is 0 Å². The summed E-state index contributed by atoms with van der Waals surface area (Å²) in [5, 5.41) is 0. The second kappa shape index (κ2) is 8.64. The molecule has 4 rings (SSSR count). The molecule has 1 unspecified atom stereocenters. The molecule has 0 saturated carbocycles. The highest BCUT2D eigenvalue weighted by Crippen LogP contribution is 2.33. The van der Waals surface area contributed by atoms with Crippen molar-refractivity contribution in [1.82, 2.24) is 24.8 Å². The Morgan fingerprint density at radius 2 is 1.79 bits per heavy atom. The van der Waals surface area contributed by atoms with Gasteiger partial charge in [0.15, 0.2) is 0 Å². The summed E-state index contributed by atoms with van der Waals surface area (Å²) >= 11 is 0. The minimum Gasteiger partial charge on any atom is -0.497 e. The lowest BCUT2D eigenvalue weighted by molar-refractivity contribution is 0.0698. The SMILES string of the molecule is COc1ccc(Oc2nccnc2C2CCCN(C(=O)c3cnccn3)C2)cc1. The molecule has 1 saturated heterocycles. The quantitative estimate of drug-likeness (QED) is 0.660. The zero-order chi connectivity index (χ0) is 20.1. The van der Waals surface area contributed by atoms with Crippen LogP contribution in [-0.4, -0.2) is 50.9 Å². The fraction of sp³-hybridized carbons (Fsp3) is 0.286. The second-order valence-electron chi connectivity index (χ2n) is 6.71. The molecule has 1 aromatic carbocycles. The lowest BCUT2D eigenvalue weighted by Gasteiger charge is -2.32. The van der Waals surface area contributed by atoms with Crippen molar-refractivity contribution in [3.05, 3.63) is 66.6 Å². The monoisotopic (exact) mass is 391 g/mol. The van der Waals surface area contributed by atoms with Crippen molar-refractivity contribution in [2.45, 2.75) is 18.8 Å². The van der Waals surface area contributed by atoms with E-state index in [4.69, 9.17) is 9.47 Å². The van der Waals surface area contributed by atoms with E-state index in [1.165, 1.54) is 12.4 Å². The molecule has 29 heavy (non-hydrogen) atoms. The van der Waals surface area contributed by atoms with Crippen LogP contribution in [-0.2, 0) is 0 Å². The van der Waals surface area contributed by atoms with Gasteiger partial charge in [-0.05, 0) is 37.1 Å². The predicted octanol–water partition coefficient (Wildman–Crippen LogP) is 3.09. The van der Waals surface area contributed by atoms with Crippen molar-refractivity contribution in [2.75, 3.05) is 20.2 Å². The summed E-state index contributed by atoms with van der Waals surface area (Å²) in [5.74, 6) is 1.77. The second-order valence-corrected chi connectivity index (χ2v) is 6.71. The van der Waals surface area contributed by atoms with Gasteiger partial charge in [-0.25, -0.2) is 9.97 Å². The van der Waals surface area contributed by atoms with E-state index in [9.17, 15) is 4.79 Å². The number of piperidine rings is 1. The van der Waals surface area contributed by atoms with Gasteiger partial charge in [-0.3, -0.25) is 14.8 Å². The number of benzene rings is 1. The molecule has 148 valence electrons. The number of carbonyl (C=O) groups is 1. The van der Waals surface area contributed by atoms with E-state index in [1.54, 1.807) is 30.6 Å². The third-order valence-electron chi connectivity index (χ3n) is 4.84. The standard InChI is InChI=1S/C21H21N5O3/c1-28-16-4-6-17(7-5-16)29-20-19(24-10-11-25-20)15-3-2-12-26(14-15)21(27)18-13-22-8-9-23-18/h4-11,13,15H,2-3,12,14H2,1H3. The molecular formula is C21H21N5O3. The molecule has 1 fully saturated rings. The van der Waals surface area contributed by atoms with E-state index >= 15 is 0 Å². The molecule has 0 spiro atoms. The molecule has 3 heterocycles. The number of aromatic nitrogens is 4. The summed E-state index contributed by atoms with van der Waals surface area (Å²) in [7, 11) is 1.62. The number of carbonyl (C=O) groups excluding carboxylic acids is 1. The van der Waals surface area contributed by atoms with Crippen LogP contribution >= 0.6 is 0 Å². The van der Waals surface area contributed by atoms with Gasteiger partial charge in [0.05, 0.1) is 13.3 Å². The van der Waals surface area contributed by atoms with Crippen LogP contribution in [0.15, 0.2) is 55.2 Å². The molecular weight excluding hydrogens is 370 g/mol. The van der Waals surface area contributed by atoms with E-state index in [-0.39, 0.29) is 11.8 Å². The van der Waals surface area contributed by atoms with E-state index in [2.05, 4.69) is 19.9 Å². The number of likely N-dealkylation sites (tertiary alicyclic amines) is 1. The van der Waals surface area contributed by atoms with E-state index in [0.717, 1.165) is 24.3 Å². The van der Waals surface area contributed by atoms with Gasteiger partial charge in [-0.15, -0.1) is 0 Å². The zero-order valence-corrected chi connectivity index (χ0v) is 16.1. The van der Waals surface area contributed by atoms with Crippen LogP contribution in [0.2, 0.25) is 0 Å². The van der Waals surface area contributed by atoms with Gasteiger partial charge in [0, 0.05) is 43.8 Å². The first-order chi connectivity index (χ1) is 14.2. The smallest absolute Gasteiger partial charge is 0.274 e. The van der Waals surface area contributed by atoms with E-state index < -0.39 is 0 Å². The Morgan fingerprint density at radius 3 is 2.55 bits per heavy atom. The van der Waals surface area contributed by atoms with Gasteiger partial charge in [0.1, 0.15) is 22.9 Å². The molecule has 2 aromatic heterocycles. The Kier molecular flexibility index (Phi) is 5.60. The van der Waals surface area contributed by atoms with Crippen LogP contribution in [0.5, 0.6) is 17.4 Å². The highest BCUT2D eigenvalue weighted by Gasteiger charge is 2.29. The molecule has 1 amide bonds. The molecule has 0 bridgehead atoms. The van der Waals surface area contributed by atoms with Crippen LogP contribution < -0.4 is 9.47 Å². The first-order valence-corrected chi connectivity index (χ1v) is 9.42. The number of ether oxygens (including phenoxy) is 2. The summed E-state index contributed by atoms with van der Waals surface area (Å²) in [6, 6.07) is 7.30. The summed E-state index contributed by atoms with van der Waals surface area (Å²) < 4.78 is 11.2. The average molecular weight is 391 g/mol. The Bertz CT molecular complexity index is 966. The average Bonchev–Trinajstić information content (AvgIpc) is 2.80. The Labute approximate surface area is 168 Å². The zero-order valence-electron chi connectivity index (χ0n) is 16.1. The van der Waals surface area contributed by atoms with E-state index in [0.29, 0.717) is 30.4 Å². The molecule has 1 aliphatic heterocycles. The first kappa shape index (κ1) is 18.8. The summed E-state index contributed by atoms with van der Waals surface area (Å²) in [6.45, 7) is 1.22. The van der Waals surface area contributed by atoms with Gasteiger partial charge in [-0.1, -0.05) is 0 Å². The maximum Gasteiger partial charge on any atom is 0.274 e. The highest BCUT2D eigenvalue weighted by atomic mass is 16.5. The third-order valence-corrected chi connectivity index (χ3v) is 4.84. The molecule has 8 heteroatoms. The van der Waals surface area contributed by atoms with Gasteiger partial charge in [-0.2, -0.15) is 0 Å². The Balaban J connectivity index is 1.52. The van der Waals surface area contributed by atoms with Gasteiger partial charge < -0.3 is 14.4 Å². The van der Waals surface area contributed by atoms with Crippen molar-refractivity contribution < 1.29 is 14.3 Å². The third kappa shape index (κ3) is 4.31. The topological polar surface area (TPSA) is 90.3 Å². The first-order valence-electron chi connectivity index (χ1n) is 9.42. The summed E-state index contributed by atoms with van der Waals surface area (Å²) in [4.78, 5) is 31.6. The van der Waals surface area contributed by atoms with Crippen LogP contribution in [0.4, 0.5) is 0 Å². The van der Waals surface area contributed by atoms with Crippen molar-refractivity contribution in [3.63, 3.8) is 0 Å². The number of rotatable bonds is 5. The normalized spacial score (nSPS) is 16.3. The lowest BCUT2D eigenvalue weighted by atomic mass is 9.94. The summed E-state index contributed by atoms with van der Waals surface area (Å²) in [5.41, 5.74) is 1.10. The fourth-order valence-electron chi connectivity index (χ4n) is 3.41. The molecule has 0 aliphatic carbocycles. The Hall–Kier alpha value is -3.55. The number of nitrogens with zero attached hydrogens (tertiary/aromatic N) is 5. The molecule has 8 nitrogen and oxygen atoms in total. The van der Waals surface area contributed by atoms with Crippen LogP contribution in [0, 0.1) is 0 Å². The number of methoxy groups -OCH3 is 1. The maximum absolute atomic E-state index is 12.8. The highest BCUT2D eigenvalue weighted by molar-refractivity contribution is 5.92. The summed E-state index contributed by atoms with van der Waals surface area (Å²) in [6.07, 6.45) is 9.60. The predicted molar refractivity (Wildman–Crippen MR) is 105 cm³/mol. The van der Waals surface area contributed by atoms with Crippen LogP contribution in [0.25, 0.3) is 0 Å². The lowest BCUT2D eigenvalue weighted by Crippen LogP contribution is -2.39. The Morgan fingerprint density at radius 1 is 1.03 bits per heavy atom.